The topological polar surface area (TPSA) is 265 Å². The van der Waals surface area contributed by atoms with Gasteiger partial charge in [-0.05, 0) is 198 Å². The highest BCUT2D eigenvalue weighted by molar-refractivity contribution is 5.99. The number of hydrogen-bond acceptors (Lipinski definition) is 18. The summed E-state index contributed by atoms with van der Waals surface area (Å²) < 4.78 is 17.8. The van der Waals surface area contributed by atoms with Crippen molar-refractivity contribution >= 4 is 23.5 Å². The first-order valence-corrected chi connectivity index (χ1v) is 39.6. The quantitative estimate of drug-likeness (QED) is 0.0212. The van der Waals surface area contributed by atoms with Gasteiger partial charge in [-0.3, -0.25) is 28.9 Å². The average molecular weight is 1510 g/mol. The number of nitrogens with zero attached hydrogens (tertiary/aromatic N) is 4. The lowest BCUT2D eigenvalue weighted by atomic mass is 9.43. The number of ether oxygens (including phenoxy) is 3. The first-order valence-electron chi connectivity index (χ1n) is 39.6. The van der Waals surface area contributed by atoms with Gasteiger partial charge in [-0.1, -0.05) is 135 Å². The van der Waals surface area contributed by atoms with Gasteiger partial charge in [0.25, 0.3) is 11.8 Å². The molecule has 0 spiro atoms. The standard InChI is InChI=1S/C45H62N4O7.C43H65N3O7/c1-26-37-21-34(45(37,4)5)22-38(26)47-44(54)41-40(28(3)52)39(25-50)56-49(41)23-30-15-12-16-36(42(30)55-8)32-18-31(27(2)51)19-33(20-32)43(53)46-35(24-48(6)7)17-29-13-10-9-11-14-29;1-25-29(17-30-20-34(25)43(30,6)7)19-35(49)39-38(26(2)48)37(24-47)53-46(39)22-28-13-12-14-32(40(28)52-11)27-15-16-36(51-10)33(18-27)41(50)44-31(23-45(8)9)21-42(3,4)5/h9-16,18-20,26-28,34-35,37-41,50-52H,17,21-25H2,1-8H3,(H,46,53)(H,47,54);12-16,18,25-26,29-31,34,37-39,47-48H,17,19-24H2,1-11H3,(H,44,50)/t26-,27?,28-,34+,35-,37-,38-,39-,40-,41-;25-,26+,29-,30+,31+,34+,37+,38+,39-/m01/s1. The van der Waals surface area contributed by atoms with Crippen LogP contribution in [0.1, 0.15) is 171 Å². The van der Waals surface area contributed by atoms with E-state index in [4.69, 9.17) is 23.9 Å². The third-order valence-electron chi connectivity index (χ3n) is 25.5. The summed E-state index contributed by atoms with van der Waals surface area (Å²) in [4.78, 5) is 73.1. The van der Waals surface area contributed by atoms with Crippen molar-refractivity contribution in [2.75, 3.05) is 75.8 Å². The molecule has 2 aliphatic heterocycles. The van der Waals surface area contributed by atoms with Crippen LogP contribution in [-0.4, -0.2) is 199 Å². The minimum atomic E-state index is -0.921. The molecular formula is C88H127N7O14. The third kappa shape index (κ3) is 18.9. The molecule has 8 N–H and O–H groups in total. The number of likely N-dealkylation sites (N-methyl/N-ethyl adjacent to an activating group) is 2. The summed E-state index contributed by atoms with van der Waals surface area (Å²) in [7, 11) is 12.7. The van der Waals surface area contributed by atoms with Crippen LogP contribution in [0.3, 0.4) is 0 Å². The number of rotatable bonds is 30. The molecule has 0 aromatic heterocycles. The average Bonchev–Trinajstić information content (AvgIpc) is 1.19. The van der Waals surface area contributed by atoms with E-state index in [0.717, 1.165) is 41.5 Å². The van der Waals surface area contributed by atoms with E-state index >= 15 is 0 Å². The van der Waals surface area contributed by atoms with Crippen molar-refractivity contribution in [3.05, 3.63) is 137 Å². The summed E-state index contributed by atoms with van der Waals surface area (Å²) in [6.45, 7) is 26.4. The molecule has 0 radical (unpaired) electrons. The summed E-state index contributed by atoms with van der Waals surface area (Å²) in [5.41, 5.74) is 7.55. The monoisotopic (exact) mass is 1510 g/mol. The number of hydrogen-bond donors (Lipinski definition) is 8. The van der Waals surface area contributed by atoms with E-state index in [9.17, 15) is 44.7 Å². The minimum Gasteiger partial charge on any atom is -0.496 e. The fraction of sp³-hybridized carbons (Fsp3) is 0.614. The van der Waals surface area contributed by atoms with E-state index in [2.05, 4.69) is 95.3 Å². The molecule has 5 aromatic carbocycles. The maximum Gasteiger partial charge on any atom is 0.255 e. The van der Waals surface area contributed by atoms with Crippen molar-refractivity contribution in [3.63, 3.8) is 0 Å². The smallest absolute Gasteiger partial charge is 0.255 e. The molecular weight excluding hydrogens is 1380 g/mol. The summed E-state index contributed by atoms with van der Waals surface area (Å²) >= 11 is 0. The number of hydroxylamine groups is 4. The zero-order chi connectivity index (χ0) is 79.5. The van der Waals surface area contributed by atoms with Gasteiger partial charge in [-0.15, -0.1) is 0 Å². The van der Waals surface area contributed by atoms with Crippen molar-refractivity contribution in [2.24, 2.45) is 69.5 Å². The van der Waals surface area contributed by atoms with E-state index in [-0.39, 0.29) is 84.7 Å². The molecule has 3 amide bonds. The Kier molecular flexibility index (Phi) is 27.5. The number of amides is 3. The van der Waals surface area contributed by atoms with Crippen LogP contribution in [0.15, 0.2) is 103 Å². The highest BCUT2D eigenvalue weighted by atomic mass is 16.7. The molecule has 21 heteroatoms. The number of carbonyl (C=O) groups excluding carboxylic acids is 4. The number of fused-ring (bicyclic) bond motifs is 4. The molecule has 4 bridgehead atoms. The molecule has 5 aromatic rings. The number of Topliss-reactive ketones (excluding diaryl/α,β-unsaturated/α-hetero) is 1. The molecule has 2 saturated heterocycles. The summed E-state index contributed by atoms with van der Waals surface area (Å²) in [5.74, 6) is 3.08. The molecule has 21 nitrogen and oxygen atoms in total. The second kappa shape index (κ2) is 35.5. The largest absolute Gasteiger partial charge is 0.496 e. The van der Waals surface area contributed by atoms with Gasteiger partial charge in [-0.2, -0.15) is 10.1 Å². The number of aliphatic hydroxyl groups is 5. The lowest BCUT2D eigenvalue weighted by molar-refractivity contribution is -0.183. The Bertz CT molecular complexity index is 3930. The van der Waals surface area contributed by atoms with Gasteiger partial charge in [-0.25, -0.2) is 0 Å². The molecule has 109 heavy (non-hydrogen) atoms. The highest BCUT2D eigenvalue weighted by Gasteiger charge is 2.59. The van der Waals surface area contributed by atoms with Gasteiger partial charge < -0.3 is 65.5 Å². The number of para-hydroxylation sites is 2. The Balaban J connectivity index is 0.000000233. The van der Waals surface area contributed by atoms with Gasteiger partial charge in [0.2, 0.25) is 5.91 Å². The van der Waals surface area contributed by atoms with Crippen LogP contribution in [0.5, 0.6) is 17.2 Å². The molecule has 6 saturated carbocycles. The van der Waals surface area contributed by atoms with Crippen molar-refractivity contribution < 1.29 is 68.6 Å². The fourth-order valence-corrected chi connectivity index (χ4v) is 19.6. The number of benzene rings is 5. The molecule has 19 atom stereocenters. The lowest BCUT2D eigenvalue weighted by Crippen LogP contribution is -2.62. The van der Waals surface area contributed by atoms with Crippen LogP contribution in [0, 0.1) is 69.5 Å². The number of methoxy groups -OCH3 is 3. The van der Waals surface area contributed by atoms with Crippen LogP contribution >= 0.6 is 0 Å². The zero-order valence-electron chi connectivity index (χ0n) is 68.2. The third-order valence-corrected chi connectivity index (χ3v) is 25.5. The van der Waals surface area contributed by atoms with E-state index in [1.54, 1.807) is 64.4 Å². The van der Waals surface area contributed by atoms with E-state index in [1.807, 2.05) is 112 Å². The van der Waals surface area contributed by atoms with Gasteiger partial charge in [0.05, 0.1) is 71.5 Å². The Morgan fingerprint density at radius 2 is 1.15 bits per heavy atom. The number of nitrogens with one attached hydrogen (secondary N) is 3. The summed E-state index contributed by atoms with van der Waals surface area (Å²) in [6.07, 6.45) is 2.16. The van der Waals surface area contributed by atoms with Crippen LogP contribution in [0.25, 0.3) is 22.3 Å². The van der Waals surface area contributed by atoms with Gasteiger partial charge in [0.15, 0.2) is 5.78 Å². The Hall–Kier alpha value is -6.86. The highest BCUT2D eigenvalue weighted by Crippen LogP contribution is 2.64. The molecule has 6 aliphatic carbocycles. The minimum absolute atomic E-state index is 0.0194. The normalized spacial score (nSPS) is 27.6. The first kappa shape index (κ1) is 84.6. The fourth-order valence-electron chi connectivity index (χ4n) is 19.6. The second-order valence-corrected chi connectivity index (χ2v) is 35.5. The predicted molar refractivity (Wildman–Crippen MR) is 424 cm³/mol. The molecule has 598 valence electrons. The van der Waals surface area contributed by atoms with Crippen molar-refractivity contribution in [3.8, 4) is 39.5 Å². The van der Waals surface area contributed by atoms with Crippen molar-refractivity contribution in [1.29, 1.82) is 0 Å². The van der Waals surface area contributed by atoms with E-state index < -0.39 is 54.4 Å². The van der Waals surface area contributed by atoms with Crippen molar-refractivity contribution in [1.82, 2.24) is 35.9 Å². The van der Waals surface area contributed by atoms with Crippen LogP contribution in [0.2, 0.25) is 0 Å². The van der Waals surface area contributed by atoms with E-state index in [0.29, 0.717) is 117 Å². The lowest BCUT2D eigenvalue weighted by Gasteiger charge is -2.62. The predicted octanol–water partition coefficient (Wildman–Crippen LogP) is 11.2. The molecule has 2 heterocycles. The Morgan fingerprint density at radius 3 is 1.65 bits per heavy atom. The number of aliphatic hydroxyl groups excluding tert-OH is 5. The molecule has 8 aliphatic rings. The maximum absolute atomic E-state index is 14.3. The van der Waals surface area contributed by atoms with Crippen LogP contribution < -0.4 is 30.2 Å². The second-order valence-electron chi connectivity index (χ2n) is 35.5. The van der Waals surface area contributed by atoms with Gasteiger partial charge >= 0.3 is 0 Å². The Labute approximate surface area is 648 Å². The first-order chi connectivity index (χ1) is 51.5. The van der Waals surface area contributed by atoms with Crippen LogP contribution in [-0.2, 0) is 38.8 Å². The van der Waals surface area contributed by atoms with Crippen LogP contribution in [0.4, 0.5) is 0 Å². The SMILES string of the molecule is COc1c(CN2O[C@@H](CO)[C@H]([C@H](C)O)[C@H]2C(=O)N[C@H]2C[C@H]3C[C@@H]([C@@H]2C)C3(C)C)cccc1-c1cc(C(=O)N[C@@H](Cc2ccccc2)CN(C)C)cc(C(C)O)c1.COc1ccc(-c2cccc(CN3O[C@@H](CO)[C@H]([C@H](C)O)[C@H]3C(=O)C[C@H]3C[C@H]4C[C@@H]([C@@H]3C)C4(C)C)c2OC)cc1C(=O)N[C@H](CN(C)C)CC(C)(C)C. The Morgan fingerprint density at radius 1 is 0.615 bits per heavy atom. The molecule has 13 rings (SSSR count). The summed E-state index contributed by atoms with van der Waals surface area (Å²) in [6, 6.07) is 30.7. The maximum atomic E-state index is 14.3. The molecule has 8 fully saturated rings. The molecule has 1 unspecified atom stereocenters. The number of carbonyl (C=O) groups is 4. The zero-order valence-corrected chi connectivity index (χ0v) is 68.2. The van der Waals surface area contributed by atoms with Gasteiger partial charge in [0.1, 0.15) is 41.5 Å². The number of ketones is 1. The van der Waals surface area contributed by atoms with Crippen molar-refractivity contribution in [2.45, 2.75) is 202 Å². The van der Waals surface area contributed by atoms with Gasteiger partial charge in [0, 0.05) is 77.3 Å². The summed E-state index contributed by atoms with van der Waals surface area (Å²) in [5, 5.41) is 66.5. The van der Waals surface area contributed by atoms with E-state index in [1.165, 1.54) is 12.8 Å².